The summed E-state index contributed by atoms with van der Waals surface area (Å²) in [4.78, 5) is 31.0. The topological polar surface area (TPSA) is 62.3 Å². The number of anilines is 1. The molecule has 23 heavy (non-hydrogen) atoms. The van der Waals surface area contributed by atoms with E-state index in [4.69, 9.17) is 0 Å². The van der Waals surface area contributed by atoms with Gasteiger partial charge in [0.25, 0.3) is 5.91 Å². The Morgan fingerprint density at radius 2 is 1.91 bits per heavy atom. The fraction of sp³-hybridized carbons (Fsp3) is 0.278. The van der Waals surface area contributed by atoms with Crippen LogP contribution in [0.2, 0.25) is 0 Å². The standard InChI is InChI=1S/C18H19N3O2/c1-13-7-5-10-15(19-13)18(23)21-12-6-11-16(21)17(22)20-14-8-3-2-4-9-14/h2-5,7-10,16H,6,11-12H2,1H3,(H,20,22). The zero-order chi connectivity index (χ0) is 16.2. The van der Waals surface area contributed by atoms with E-state index in [9.17, 15) is 9.59 Å². The maximum atomic E-state index is 12.6. The van der Waals surface area contributed by atoms with Crippen LogP contribution in [0.5, 0.6) is 0 Å². The van der Waals surface area contributed by atoms with Crippen LogP contribution in [0.15, 0.2) is 48.5 Å². The van der Waals surface area contributed by atoms with Gasteiger partial charge < -0.3 is 10.2 Å². The van der Waals surface area contributed by atoms with Crippen molar-refractivity contribution in [2.75, 3.05) is 11.9 Å². The highest BCUT2D eigenvalue weighted by atomic mass is 16.2. The van der Waals surface area contributed by atoms with E-state index in [2.05, 4.69) is 10.3 Å². The van der Waals surface area contributed by atoms with Crippen molar-refractivity contribution >= 4 is 17.5 Å². The molecule has 1 aromatic heterocycles. The molecular weight excluding hydrogens is 290 g/mol. The predicted octanol–water partition coefficient (Wildman–Crippen LogP) is 2.63. The molecule has 5 nitrogen and oxygen atoms in total. The number of benzene rings is 1. The Hall–Kier alpha value is -2.69. The molecule has 1 aliphatic rings. The van der Waals surface area contributed by atoms with Gasteiger partial charge in [-0.25, -0.2) is 4.98 Å². The van der Waals surface area contributed by atoms with Gasteiger partial charge in [-0.1, -0.05) is 24.3 Å². The molecule has 0 spiro atoms. The molecule has 1 fully saturated rings. The van der Waals surface area contributed by atoms with E-state index in [1.165, 1.54) is 0 Å². The fourth-order valence-corrected chi connectivity index (χ4v) is 2.84. The maximum Gasteiger partial charge on any atom is 0.273 e. The molecule has 0 aliphatic carbocycles. The van der Waals surface area contributed by atoms with Gasteiger partial charge in [0.05, 0.1) is 0 Å². The lowest BCUT2D eigenvalue weighted by Gasteiger charge is -2.23. The van der Waals surface area contributed by atoms with Crippen molar-refractivity contribution in [2.45, 2.75) is 25.8 Å². The molecule has 0 bridgehead atoms. The number of nitrogens with one attached hydrogen (secondary N) is 1. The number of hydrogen-bond donors (Lipinski definition) is 1. The SMILES string of the molecule is Cc1cccc(C(=O)N2CCCC2C(=O)Nc2ccccc2)n1. The van der Waals surface area contributed by atoms with E-state index in [1.54, 1.807) is 11.0 Å². The molecule has 1 unspecified atom stereocenters. The van der Waals surface area contributed by atoms with Gasteiger partial charge in [0.2, 0.25) is 5.91 Å². The Bertz CT molecular complexity index is 715. The van der Waals surface area contributed by atoms with Gasteiger partial charge in [-0.15, -0.1) is 0 Å². The van der Waals surface area contributed by atoms with Crippen molar-refractivity contribution in [3.63, 3.8) is 0 Å². The molecule has 1 aromatic carbocycles. The first-order valence-corrected chi connectivity index (χ1v) is 7.76. The maximum absolute atomic E-state index is 12.6. The second-order valence-electron chi connectivity index (χ2n) is 5.68. The number of likely N-dealkylation sites (tertiary alicyclic amines) is 1. The van der Waals surface area contributed by atoms with Crippen molar-refractivity contribution in [1.29, 1.82) is 0 Å². The van der Waals surface area contributed by atoms with Gasteiger partial charge in [-0.05, 0) is 44.0 Å². The first-order chi connectivity index (χ1) is 11.1. The number of carbonyl (C=O) groups excluding carboxylic acids is 2. The van der Waals surface area contributed by atoms with Crippen LogP contribution in [-0.4, -0.2) is 34.3 Å². The number of hydrogen-bond acceptors (Lipinski definition) is 3. The molecule has 1 atom stereocenters. The van der Waals surface area contributed by atoms with Crippen LogP contribution in [0.4, 0.5) is 5.69 Å². The predicted molar refractivity (Wildman–Crippen MR) is 88.1 cm³/mol. The molecule has 2 aromatic rings. The normalized spacial score (nSPS) is 17.1. The van der Waals surface area contributed by atoms with E-state index < -0.39 is 6.04 Å². The summed E-state index contributed by atoms with van der Waals surface area (Å²) >= 11 is 0. The van der Waals surface area contributed by atoms with Crippen LogP contribution in [0.25, 0.3) is 0 Å². The third-order valence-corrected chi connectivity index (χ3v) is 3.97. The van der Waals surface area contributed by atoms with E-state index >= 15 is 0 Å². The second kappa shape index (κ2) is 6.60. The highest BCUT2D eigenvalue weighted by molar-refractivity contribution is 6.00. The molecule has 1 aliphatic heterocycles. The average molecular weight is 309 g/mol. The van der Waals surface area contributed by atoms with Gasteiger partial charge in [-0.3, -0.25) is 9.59 Å². The monoisotopic (exact) mass is 309 g/mol. The number of aryl methyl sites for hydroxylation is 1. The van der Waals surface area contributed by atoms with Crippen LogP contribution in [0.3, 0.4) is 0 Å². The first kappa shape index (κ1) is 15.2. The zero-order valence-corrected chi connectivity index (χ0v) is 13.0. The minimum Gasteiger partial charge on any atom is -0.325 e. The molecule has 3 rings (SSSR count). The van der Waals surface area contributed by atoms with Crippen molar-refractivity contribution < 1.29 is 9.59 Å². The van der Waals surface area contributed by atoms with Crippen molar-refractivity contribution in [1.82, 2.24) is 9.88 Å². The number of rotatable bonds is 3. The molecule has 0 saturated carbocycles. The molecular formula is C18H19N3O2. The summed E-state index contributed by atoms with van der Waals surface area (Å²) in [6.07, 6.45) is 1.50. The zero-order valence-electron chi connectivity index (χ0n) is 13.0. The Kier molecular flexibility index (Phi) is 4.37. The van der Waals surface area contributed by atoms with E-state index in [-0.39, 0.29) is 11.8 Å². The van der Waals surface area contributed by atoms with Crippen LogP contribution in [0.1, 0.15) is 29.0 Å². The number of aromatic nitrogens is 1. The van der Waals surface area contributed by atoms with E-state index in [1.807, 2.05) is 49.4 Å². The quantitative estimate of drug-likeness (QED) is 0.948. The lowest BCUT2D eigenvalue weighted by atomic mass is 10.2. The minimum atomic E-state index is -0.440. The lowest BCUT2D eigenvalue weighted by Crippen LogP contribution is -2.43. The third-order valence-electron chi connectivity index (χ3n) is 3.97. The van der Waals surface area contributed by atoms with Gasteiger partial charge in [0, 0.05) is 17.9 Å². The number of nitrogens with zero attached hydrogens (tertiary/aromatic N) is 2. The average Bonchev–Trinajstić information content (AvgIpc) is 3.05. The van der Waals surface area contributed by atoms with Gasteiger partial charge in [-0.2, -0.15) is 0 Å². The number of pyridine rings is 1. The highest BCUT2D eigenvalue weighted by Gasteiger charge is 2.35. The first-order valence-electron chi connectivity index (χ1n) is 7.76. The summed E-state index contributed by atoms with van der Waals surface area (Å²) in [5, 5.41) is 2.88. The molecule has 2 heterocycles. The largest absolute Gasteiger partial charge is 0.325 e. The highest BCUT2D eigenvalue weighted by Crippen LogP contribution is 2.21. The van der Waals surface area contributed by atoms with Crippen LogP contribution in [-0.2, 0) is 4.79 Å². The Balaban J connectivity index is 1.74. The molecule has 0 radical (unpaired) electrons. The summed E-state index contributed by atoms with van der Waals surface area (Å²) in [6.45, 7) is 2.43. The van der Waals surface area contributed by atoms with Gasteiger partial charge in [0.1, 0.15) is 11.7 Å². The lowest BCUT2D eigenvalue weighted by molar-refractivity contribution is -0.119. The number of para-hydroxylation sites is 1. The second-order valence-corrected chi connectivity index (χ2v) is 5.68. The van der Waals surface area contributed by atoms with Crippen LogP contribution < -0.4 is 5.32 Å². The van der Waals surface area contributed by atoms with Crippen molar-refractivity contribution in [2.24, 2.45) is 0 Å². The Morgan fingerprint density at radius 1 is 1.13 bits per heavy atom. The van der Waals surface area contributed by atoms with Crippen LogP contribution in [0, 0.1) is 6.92 Å². The summed E-state index contributed by atoms with van der Waals surface area (Å²) in [7, 11) is 0. The molecule has 1 N–H and O–H groups in total. The Morgan fingerprint density at radius 3 is 2.65 bits per heavy atom. The smallest absolute Gasteiger partial charge is 0.273 e. The van der Waals surface area contributed by atoms with Crippen molar-refractivity contribution in [3.05, 3.63) is 59.9 Å². The summed E-state index contributed by atoms with van der Waals surface area (Å²) in [6, 6.07) is 14.2. The van der Waals surface area contributed by atoms with Crippen molar-refractivity contribution in [3.8, 4) is 0 Å². The third kappa shape index (κ3) is 3.39. The van der Waals surface area contributed by atoms with Gasteiger partial charge >= 0.3 is 0 Å². The number of carbonyl (C=O) groups is 2. The molecule has 5 heteroatoms. The van der Waals surface area contributed by atoms with E-state index in [0.29, 0.717) is 18.7 Å². The van der Waals surface area contributed by atoms with E-state index in [0.717, 1.165) is 17.8 Å². The summed E-state index contributed by atoms with van der Waals surface area (Å²) in [5.41, 5.74) is 1.93. The molecule has 2 amide bonds. The molecule has 118 valence electrons. The van der Waals surface area contributed by atoms with Gasteiger partial charge in [0.15, 0.2) is 0 Å². The fourth-order valence-electron chi connectivity index (χ4n) is 2.84. The van der Waals surface area contributed by atoms with Crippen LogP contribution >= 0.6 is 0 Å². The Labute approximate surface area is 135 Å². The summed E-state index contributed by atoms with van der Waals surface area (Å²) < 4.78 is 0. The molecule has 1 saturated heterocycles. The summed E-state index contributed by atoms with van der Waals surface area (Å²) in [5.74, 6) is -0.325. The number of amides is 2. The minimum absolute atomic E-state index is 0.144.